The van der Waals surface area contributed by atoms with Gasteiger partial charge in [-0.2, -0.15) is 0 Å². The Labute approximate surface area is 81.1 Å². The van der Waals surface area contributed by atoms with E-state index in [1.807, 2.05) is 4.90 Å². The van der Waals surface area contributed by atoms with Crippen molar-refractivity contribution in [3.8, 4) is 0 Å². The van der Waals surface area contributed by atoms with Crippen LogP contribution in [-0.4, -0.2) is 28.0 Å². The minimum absolute atomic E-state index is 0.000556. The molecule has 2 heterocycles. The van der Waals surface area contributed by atoms with Crippen LogP contribution in [0.2, 0.25) is 0 Å². The van der Waals surface area contributed by atoms with E-state index < -0.39 is 0 Å². The molecule has 0 saturated carbocycles. The van der Waals surface area contributed by atoms with Crippen LogP contribution in [0.5, 0.6) is 0 Å². The van der Waals surface area contributed by atoms with Gasteiger partial charge in [0.05, 0.1) is 6.20 Å². The maximum atomic E-state index is 9.36. The van der Waals surface area contributed by atoms with E-state index in [-0.39, 0.29) is 11.4 Å². The highest BCUT2D eigenvalue weighted by atomic mass is 16.5. The number of rotatable bonds is 1. The zero-order valence-electron chi connectivity index (χ0n) is 7.77. The molecule has 0 spiro atoms. The van der Waals surface area contributed by atoms with E-state index in [1.165, 1.54) is 6.20 Å². The number of aromatic nitrogens is 2. The van der Waals surface area contributed by atoms with Crippen LogP contribution in [-0.2, 0) is 0 Å². The van der Waals surface area contributed by atoms with E-state index in [4.69, 9.17) is 11.1 Å². The maximum Gasteiger partial charge on any atom is 0.236 e. The Morgan fingerprint density at radius 1 is 1.43 bits per heavy atom. The van der Waals surface area contributed by atoms with Crippen LogP contribution in [0.15, 0.2) is 6.20 Å². The van der Waals surface area contributed by atoms with Gasteiger partial charge in [-0.3, -0.25) is 5.41 Å². The van der Waals surface area contributed by atoms with Crippen molar-refractivity contribution in [1.82, 2.24) is 9.71 Å². The lowest BCUT2D eigenvalue weighted by atomic mass is 10.4. The van der Waals surface area contributed by atoms with Gasteiger partial charge in [-0.25, -0.2) is 4.98 Å². The van der Waals surface area contributed by atoms with Crippen molar-refractivity contribution in [2.45, 2.75) is 12.8 Å². The number of nitrogens with zero attached hydrogens (tertiary/aromatic N) is 3. The van der Waals surface area contributed by atoms with Crippen LogP contribution < -0.4 is 16.1 Å². The Morgan fingerprint density at radius 2 is 2.07 bits per heavy atom. The lowest BCUT2D eigenvalue weighted by Gasteiger charge is -2.17. The van der Waals surface area contributed by atoms with Gasteiger partial charge < -0.3 is 15.8 Å². The van der Waals surface area contributed by atoms with Crippen molar-refractivity contribution in [2.24, 2.45) is 0 Å². The van der Waals surface area contributed by atoms with E-state index in [9.17, 15) is 5.21 Å². The Morgan fingerprint density at radius 3 is 2.71 bits per heavy atom. The van der Waals surface area contributed by atoms with Crippen molar-refractivity contribution >= 4 is 11.6 Å². The van der Waals surface area contributed by atoms with Crippen molar-refractivity contribution in [1.29, 1.82) is 5.41 Å². The predicted molar refractivity (Wildman–Crippen MR) is 51.1 cm³/mol. The first-order valence-corrected chi connectivity index (χ1v) is 4.56. The first-order valence-electron chi connectivity index (χ1n) is 4.56. The molecule has 0 amide bonds. The number of nitrogens with two attached hydrogens (primary N) is 1. The summed E-state index contributed by atoms with van der Waals surface area (Å²) in [6, 6.07) is 0. The maximum absolute atomic E-state index is 9.36. The molecule has 1 aromatic heterocycles. The van der Waals surface area contributed by atoms with Gasteiger partial charge >= 0.3 is 0 Å². The molecule has 0 radical (unpaired) electrons. The van der Waals surface area contributed by atoms with Crippen molar-refractivity contribution in [3.63, 3.8) is 0 Å². The molecule has 76 valence electrons. The first kappa shape index (κ1) is 8.86. The normalized spacial score (nSPS) is 16.1. The van der Waals surface area contributed by atoms with Gasteiger partial charge in [0.1, 0.15) is 5.69 Å². The highest BCUT2D eigenvalue weighted by molar-refractivity contribution is 5.43. The monoisotopic (exact) mass is 195 g/mol. The molecule has 0 aromatic carbocycles. The largest absolute Gasteiger partial charge is 0.423 e. The molecule has 0 aliphatic carbocycles. The van der Waals surface area contributed by atoms with E-state index in [2.05, 4.69) is 4.98 Å². The average molecular weight is 195 g/mol. The van der Waals surface area contributed by atoms with Gasteiger partial charge in [-0.05, 0) is 12.8 Å². The predicted octanol–water partition coefficient (Wildman–Crippen LogP) is -0.218. The highest BCUT2D eigenvalue weighted by Crippen LogP contribution is 2.15. The molecule has 6 nitrogen and oxygen atoms in total. The smallest absolute Gasteiger partial charge is 0.236 e. The van der Waals surface area contributed by atoms with Crippen LogP contribution in [0.3, 0.4) is 0 Å². The van der Waals surface area contributed by atoms with Crippen molar-refractivity contribution in [3.05, 3.63) is 11.7 Å². The third-order valence-corrected chi connectivity index (χ3v) is 2.44. The van der Waals surface area contributed by atoms with Gasteiger partial charge in [0.2, 0.25) is 5.95 Å². The molecule has 1 fully saturated rings. The molecule has 1 aliphatic rings. The van der Waals surface area contributed by atoms with Gasteiger partial charge in [-0.15, -0.1) is 4.73 Å². The summed E-state index contributed by atoms with van der Waals surface area (Å²) in [7, 11) is 0. The third-order valence-electron chi connectivity index (χ3n) is 2.44. The second kappa shape index (κ2) is 3.21. The van der Waals surface area contributed by atoms with E-state index in [0.717, 1.165) is 25.9 Å². The number of nitrogen functional groups attached to an aromatic ring is 1. The molecular formula is C8H13N5O. The SMILES string of the molecule is N=c1c(N2CCCC2)cnc(N)n1O. The van der Waals surface area contributed by atoms with Crippen LogP contribution >= 0.6 is 0 Å². The van der Waals surface area contributed by atoms with Crippen LogP contribution in [0, 0.1) is 5.41 Å². The van der Waals surface area contributed by atoms with E-state index in [1.54, 1.807) is 0 Å². The second-order valence-electron chi connectivity index (χ2n) is 3.36. The zero-order chi connectivity index (χ0) is 10.1. The summed E-state index contributed by atoms with van der Waals surface area (Å²) in [6.07, 6.45) is 3.78. The van der Waals surface area contributed by atoms with Crippen molar-refractivity contribution in [2.75, 3.05) is 23.7 Å². The standard InChI is InChI=1S/C8H13N5O/c9-7-6(12-3-1-2-4-12)5-11-8(10)13(7)14/h5,9,14H,1-4H2,(H2,10,11). The summed E-state index contributed by atoms with van der Waals surface area (Å²) in [5.41, 5.74) is 5.99. The summed E-state index contributed by atoms with van der Waals surface area (Å²) in [5, 5.41) is 17.0. The van der Waals surface area contributed by atoms with Gasteiger partial charge in [-0.1, -0.05) is 0 Å². The van der Waals surface area contributed by atoms with E-state index in [0.29, 0.717) is 10.4 Å². The summed E-state index contributed by atoms with van der Waals surface area (Å²) in [5.74, 6) is -0.0575. The molecule has 0 unspecified atom stereocenters. The Kier molecular flexibility index (Phi) is 2.03. The number of nitrogens with one attached hydrogen (secondary N) is 1. The first-order chi connectivity index (χ1) is 6.70. The number of hydrogen-bond acceptors (Lipinski definition) is 5. The summed E-state index contributed by atoms with van der Waals surface area (Å²) < 4.78 is 0.605. The Bertz CT molecular complexity index is 393. The molecule has 0 atom stereocenters. The fourth-order valence-corrected chi connectivity index (χ4v) is 1.66. The number of anilines is 2. The molecule has 6 heteroatoms. The zero-order valence-corrected chi connectivity index (χ0v) is 7.77. The quantitative estimate of drug-likeness (QED) is 0.540. The summed E-state index contributed by atoms with van der Waals surface area (Å²) >= 11 is 0. The highest BCUT2D eigenvalue weighted by Gasteiger charge is 2.15. The average Bonchev–Trinajstić information content (AvgIpc) is 2.67. The Hall–Kier alpha value is -1.72. The molecule has 1 aliphatic heterocycles. The fourth-order valence-electron chi connectivity index (χ4n) is 1.66. The molecule has 1 saturated heterocycles. The molecular weight excluding hydrogens is 182 g/mol. The van der Waals surface area contributed by atoms with E-state index >= 15 is 0 Å². The minimum atomic E-state index is -0.0575. The lowest BCUT2D eigenvalue weighted by Crippen LogP contribution is -2.31. The van der Waals surface area contributed by atoms with Crippen LogP contribution in [0.25, 0.3) is 0 Å². The summed E-state index contributed by atoms with van der Waals surface area (Å²) in [6.45, 7) is 1.83. The molecule has 0 bridgehead atoms. The molecule has 1 aromatic rings. The molecule has 14 heavy (non-hydrogen) atoms. The molecule has 4 N–H and O–H groups in total. The topological polar surface area (TPSA) is 91.2 Å². The summed E-state index contributed by atoms with van der Waals surface area (Å²) in [4.78, 5) is 5.84. The number of hydrogen-bond donors (Lipinski definition) is 3. The fraction of sp³-hybridized carbons (Fsp3) is 0.500. The lowest BCUT2D eigenvalue weighted by molar-refractivity contribution is 0.174. The van der Waals surface area contributed by atoms with Gasteiger partial charge in [0.15, 0.2) is 5.49 Å². The van der Waals surface area contributed by atoms with Crippen LogP contribution in [0.1, 0.15) is 12.8 Å². The van der Waals surface area contributed by atoms with Gasteiger partial charge in [0, 0.05) is 13.1 Å². The van der Waals surface area contributed by atoms with Gasteiger partial charge in [0.25, 0.3) is 0 Å². The third kappa shape index (κ3) is 1.28. The minimum Gasteiger partial charge on any atom is -0.423 e. The Balaban J connectivity index is 2.44. The second-order valence-corrected chi connectivity index (χ2v) is 3.36. The van der Waals surface area contributed by atoms with Crippen LogP contribution in [0.4, 0.5) is 11.6 Å². The van der Waals surface area contributed by atoms with Crippen molar-refractivity contribution < 1.29 is 5.21 Å². The molecule has 2 rings (SSSR count).